The number of hydrogen-bond donors (Lipinski definition) is 2. The molecule has 3 heterocycles. The van der Waals surface area contributed by atoms with Crippen molar-refractivity contribution in [1.82, 2.24) is 19.9 Å². The summed E-state index contributed by atoms with van der Waals surface area (Å²) in [6.07, 6.45) is 1.91. The van der Waals surface area contributed by atoms with Gasteiger partial charge >= 0.3 is 0 Å². The van der Waals surface area contributed by atoms with Crippen LogP contribution in [0.5, 0.6) is 0 Å². The van der Waals surface area contributed by atoms with Gasteiger partial charge in [-0.25, -0.2) is 19.6 Å². The van der Waals surface area contributed by atoms with Crippen LogP contribution < -0.4 is 11.3 Å². The Morgan fingerprint density at radius 1 is 1.39 bits per heavy atom. The molecule has 2 aliphatic heterocycles. The van der Waals surface area contributed by atoms with Gasteiger partial charge in [0, 0.05) is 6.54 Å². The molecule has 0 aliphatic carbocycles. The predicted molar refractivity (Wildman–Crippen MR) is 73.5 cm³/mol. The van der Waals surface area contributed by atoms with E-state index in [0.29, 0.717) is 18.7 Å². The number of aromatic nitrogens is 2. The van der Waals surface area contributed by atoms with Crippen LogP contribution >= 0.6 is 0 Å². The minimum absolute atomic E-state index is 0.0626. The summed E-state index contributed by atoms with van der Waals surface area (Å²) in [5, 5.41) is 0. The van der Waals surface area contributed by atoms with E-state index in [0.717, 1.165) is 6.07 Å². The van der Waals surface area contributed by atoms with Gasteiger partial charge in [0.1, 0.15) is 11.9 Å². The highest BCUT2D eigenvalue weighted by atomic mass is 19.2. The van der Waals surface area contributed by atoms with Gasteiger partial charge in [-0.15, -0.1) is 0 Å². The molecule has 7 nitrogen and oxygen atoms in total. The number of fused-ring (bicyclic) bond motifs is 5. The smallest absolute Gasteiger partial charge is 0.285 e. The Morgan fingerprint density at radius 2 is 2.17 bits per heavy atom. The topological polar surface area (TPSA) is 93.2 Å². The molecule has 2 aliphatic rings. The summed E-state index contributed by atoms with van der Waals surface area (Å²) >= 11 is 0. The van der Waals surface area contributed by atoms with E-state index < -0.39 is 29.5 Å². The lowest BCUT2D eigenvalue weighted by atomic mass is 9.97. The van der Waals surface area contributed by atoms with Crippen molar-refractivity contribution in [1.29, 1.82) is 0 Å². The van der Waals surface area contributed by atoms with Gasteiger partial charge in [-0.05, 0) is 18.6 Å². The number of nitrogen functional groups attached to an aromatic ring is 1. The maximum absolute atomic E-state index is 14.2. The summed E-state index contributed by atoms with van der Waals surface area (Å²) < 4.78 is 29.2. The van der Waals surface area contributed by atoms with Crippen molar-refractivity contribution >= 4 is 11.8 Å². The van der Waals surface area contributed by atoms with Crippen LogP contribution in [0.1, 0.15) is 39.0 Å². The summed E-state index contributed by atoms with van der Waals surface area (Å²) in [4.78, 5) is 29.9. The van der Waals surface area contributed by atoms with Crippen LogP contribution in [-0.4, -0.2) is 32.8 Å². The fourth-order valence-electron chi connectivity index (χ4n) is 3.11. The quantitative estimate of drug-likeness (QED) is 0.459. The predicted octanol–water partition coefficient (Wildman–Crippen LogP) is 0.655. The highest BCUT2D eigenvalue weighted by molar-refractivity contribution is 6.00. The number of halogens is 2. The molecule has 1 aromatic heterocycles. The Hall–Kier alpha value is -2.81. The second kappa shape index (κ2) is 4.59. The van der Waals surface area contributed by atoms with Gasteiger partial charge in [0.25, 0.3) is 11.8 Å². The van der Waals surface area contributed by atoms with E-state index >= 15 is 0 Å². The lowest BCUT2D eigenvalue weighted by molar-refractivity contribution is 0.0451. The van der Waals surface area contributed by atoms with Gasteiger partial charge in [-0.1, -0.05) is 0 Å². The number of nitrogens with one attached hydrogen (secondary N) is 1. The van der Waals surface area contributed by atoms with Gasteiger partial charge in [0.05, 0.1) is 17.4 Å². The molecule has 3 N–H and O–H groups in total. The molecular weight excluding hydrogens is 308 g/mol. The number of carbonyl (C=O) groups excluding carboxylic acids is 2. The largest absolute Gasteiger partial charge is 0.330 e. The average molecular weight is 319 g/mol. The Labute approximate surface area is 128 Å². The maximum Gasteiger partial charge on any atom is 0.285 e. The minimum Gasteiger partial charge on any atom is -0.330 e. The number of rotatable bonds is 1. The number of amides is 2. The molecule has 1 saturated heterocycles. The lowest BCUT2D eigenvalue weighted by Crippen LogP contribution is -2.45. The molecule has 9 heteroatoms. The van der Waals surface area contributed by atoms with Crippen LogP contribution in [0.3, 0.4) is 0 Å². The number of imidazole rings is 1. The molecule has 0 saturated carbocycles. The summed E-state index contributed by atoms with van der Waals surface area (Å²) in [6.45, 7) is 0.397. The van der Waals surface area contributed by atoms with Crippen molar-refractivity contribution < 1.29 is 18.4 Å². The van der Waals surface area contributed by atoms with E-state index in [1.165, 1.54) is 21.9 Å². The Kier molecular flexibility index (Phi) is 2.76. The van der Waals surface area contributed by atoms with Crippen molar-refractivity contribution in [3.8, 4) is 5.69 Å². The van der Waals surface area contributed by atoms with Gasteiger partial charge in [-0.2, -0.15) is 0 Å². The van der Waals surface area contributed by atoms with Gasteiger partial charge in [-0.3, -0.25) is 19.6 Å². The molecule has 4 rings (SSSR count). The molecule has 0 radical (unpaired) electrons. The van der Waals surface area contributed by atoms with Crippen molar-refractivity contribution in [3.05, 3.63) is 47.0 Å². The molecular formula is C14H11F2N5O2. The first-order valence-corrected chi connectivity index (χ1v) is 6.92. The molecule has 118 valence electrons. The molecule has 0 bridgehead atoms. The molecule has 2 aromatic rings. The number of hydrogen-bond acceptors (Lipinski definition) is 4. The molecule has 1 aromatic carbocycles. The zero-order chi connectivity index (χ0) is 16.3. The first-order valence-electron chi connectivity index (χ1n) is 6.92. The molecule has 1 atom stereocenters. The van der Waals surface area contributed by atoms with E-state index in [1.54, 1.807) is 0 Å². The van der Waals surface area contributed by atoms with E-state index in [-0.39, 0.29) is 16.9 Å². The van der Waals surface area contributed by atoms with Crippen molar-refractivity contribution in [3.63, 3.8) is 0 Å². The first kappa shape index (κ1) is 13.8. The highest BCUT2D eigenvalue weighted by Crippen LogP contribution is 2.41. The highest BCUT2D eigenvalue weighted by Gasteiger charge is 2.43. The maximum atomic E-state index is 14.2. The second-order valence-corrected chi connectivity index (χ2v) is 5.38. The number of hydrazine groups is 1. The zero-order valence-corrected chi connectivity index (χ0v) is 11.7. The van der Waals surface area contributed by atoms with Crippen LogP contribution in [0.2, 0.25) is 0 Å². The number of carbonyl (C=O) groups is 2. The van der Waals surface area contributed by atoms with Crippen LogP contribution in [0.4, 0.5) is 8.78 Å². The van der Waals surface area contributed by atoms with Crippen LogP contribution in [0, 0.1) is 11.6 Å². The molecule has 2 amide bonds. The SMILES string of the molecule is NNC(=O)c1ncn2c1[C@@H]1CCN1C(=O)c1c-2ccc(F)c1F. The molecule has 23 heavy (non-hydrogen) atoms. The first-order chi connectivity index (χ1) is 11.0. The lowest BCUT2D eigenvalue weighted by Gasteiger charge is -2.39. The van der Waals surface area contributed by atoms with Gasteiger partial charge in [0.15, 0.2) is 17.3 Å². The summed E-state index contributed by atoms with van der Waals surface area (Å²) in [6, 6.07) is 1.82. The molecule has 0 spiro atoms. The van der Waals surface area contributed by atoms with E-state index in [1.807, 2.05) is 5.43 Å². The normalized spacial score (nSPS) is 18.5. The molecule has 0 unspecified atom stereocenters. The number of nitrogens with zero attached hydrogens (tertiary/aromatic N) is 3. The molecule has 1 fully saturated rings. The average Bonchev–Trinajstić information content (AvgIpc) is 2.89. The zero-order valence-electron chi connectivity index (χ0n) is 11.7. The van der Waals surface area contributed by atoms with Crippen molar-refractivity contribution in [2.75, 3.05) is 6.54 Å². The van der Waals surface area contributed by atoms with Crippen LogP contribution in [0.15, 0.2) is 18.5 Å². The summed E-state index contributed by atoms with van der Waals surface area (Å²) in [5.41, 5.74) is 2.30. The van der Waals surface area contributed by atoms with E-state index in [4.69, 9.17) is 5.84 Å². The third-order valence-corrected chi connectivity index (χ3v) is 4.29. The monoisotopic (exact) mass is 319 g/mol. The van der Waals surface area contributed by atoms with E-state index in [9.17, 15) is 18.4 Å². The van der Waals surface area contributed by atoms with Crippen LogP contribution in [0.25, 0.3) is 5.69 Å². The van der Waals surface area contributed by atoms with Gasteiger partial charge in [0.2, 0.25) is 0 Å². The number of nitrogens with two attached hydrogens (primary N) is 1. The third kappa shape index (κ3) is 1.67. The minimum atomic E-state index is -1.20. The fourth-order valence-corrected chi connectivity index (χ4v) is 3.11. The van der Waals surface area contributed by atoms with E-state index in [2.05, 4.69) is 4.98 Å². The van der Waals surface area contributed by atoms with Crippen molar-refractivity contribution in [2.45, 2.75) is 12.5 Å². The standard InChI is InChI=1S/C14H11F2N5O2/c15-6-1-2-7-9(10(6)16)14(23)20-4-3-8(20)12-11(13(22)19-17)18-5-21(7)12/h1-2,5,8H,3-4,17H2,(H,19,22)/t8-/m0/s1. The third-order valence-electron chi connectivity index (χ3n) is 4.29. The van der Waals surface area contributed by atoms with Crippen LogP contribution in [-0.2, 0) is 0 Å². The Balaban J connectivity index is 2.04. The van der Waals surface area contributed by atoms with Crippen molar-refractivity contribution in [2.24, 2.45) is 5.84 Å². The Bertz CT molecular complexity index is 863. The van der Waals surface area contributed by atoms with Gasteiger partial charge < -0.3 is 4.90 Å². The number of benzene rings is 1. The fraction of sp³-hybridized carbons (Fsp3) is 0.214. The second-order valence-electron chi connectivity index (χ2n) is 5.38. The Morgan fingerprint density at radius 3 is 2.83 bits per heavy atom. The summed E-state index contributed by atoms with van der Waals surface area (Å²) in [7, 11) is 0. The summed E-state index contributed by atoms with van der Waals surface area (Å²) in [5.74, 6) is 1.65.